The molecule has 1 amide bonds. The molecule has 8 nitrogen and oxygen atoms in total. The van der Waals surface area contributed by atoms with Crippen molar-refractivity contribution < 1.29 is 27.4 Å². The van der Waals surface area contributed by atoms with Gasteiger partial charge in [-0.1, -0.05) is 0 Å². The Morgan fingerprint density at radius 3 is 2.69 bits per heavy atom. The van der Waals surface area contributed by atoms with Crippen LogP contribution in [0.25, 0.3) is 0 Å². The van der Waals surface area contributed by atoms with Gasteiger partial charge in [-0.3, -0.25) is 9.10 Å². The molecule has 0 spiro atoms. The summed E-state index contributed by atoms with van der Waals surface area (Å²) in [5.41, 5.74) is 0.335. The highest BCUT2D eigenvalue weighted by Gasteiger charge is 2.23. The van der Waals surface area contributed by atoms with Crippen LogP contribution in [0.4, 0.5) is 5.69 Å². The number of benzene rings is 1. The Kier molecular flexibility index (Phi) is 7.10. The zero-order valence-corrected chi connectivity index (χ0v) is 16.2. The molecule has 146 valence electrons. The second kappa shape index (κ2) is 9.09. The van der Waals surface area contributed by atoms with E-state index in [0.717, 1.165) is 30.0 Å². The van der Waals surface area contributed by atoms with E-state index in [1.54, 1.807) is 18.2 Å². The van der Waals surface area contributed by atoms with E-state index in [-0.39, 0.29) is 25.0 Å². The summed E-state index contributed by atoms with van der Waals surface area (Å²) in [5, 5.41) is 2.79. The maximum atomic E-state index is 12.3. The molecular weight excluding hydrogens is 360 g/mol. The van der Waals surface area contributed by atoms with Gasteiger partial charge in [0.1, 0.15) is 11.5 Å². The number of hydrogen-bond donors (Lipinski definition) is 1. The summed E-state index contributed by atoms with van der Waals surface area (Å²) < 4.78 is 41.6. The molecule has 1 N–H and O–H groups in total. The van der Waals surface area contributed by atoms with Crippen LogP contribution in [0.5, 0.6) is 11.5 Å². The summed E-state index contributed by atoms with van der Waals surface area (Å²) in [6, 6.07) is 4.88. The number of methoxy groups -OCH3 is 2. The number of nitrogens with one attached hydrogen (secondary N) is 1. The molecule has 0 radical (unpaired) electrons. The minimum atomic E-state index is -3.61. The van der Waals surface area contributed by atoms with Crippen molar-refractivity contribution in [2.75, 3.05) is 44.5 Å². The van der Waals surface area contributed by atoms with Gasteiger partial charge in [-0.15, -0.1) is 0 Å². The topological polar surface area (TPSA) is 94.2 Å². The lowest BCUT2D eigenvalue weighted by molar-refractivity contribution is -0.121. The van der Waals surface area contributed by atoms with E-state index in [2.05, 4.69) is 5.32 Å². The van der Waals surface area contributed by atoms with Gasteiger partial charge in [0.2, 0.25) is 15.9 Å². The van der Waals surface area contributed by atoms with Crippen molar-refractivity contribution in [2.45, 2.75) is 25.4 Å². The van der Waals surface area contributed by atoms with Crippen LogP contribution >= 0.6 is 0 Å². The number of rotatable bonds is 9. The number of carbonyl (C=O) groups is 1. The molecule has 26 heavy (non-hydrogen) atoms. The Bertz CT molecular complexity index is 716. The average Bonchev–Trinajstić information content (AvgIpc) is 3.12. The van der Waals surface area contributed by atoms with Gasteiger partial charge in [-0.2, -0.15) is 0 Å². The molecule has 1 aromatic carbocycles. The van der Waals surface area contributed by atoms with Crippen LogP contribution in [0.15, 0.2) is 18.2 Å². The fourth-order valence-electron chi connectivity index (χ4n) is 2.78. The summed E-state index contributed by atoms with van der Waals surface area (Å²) in [6.07, 6.45) is 3.09. The molecule has 1 aliphatic heterocycles. The molecule has 0 aromatic heterocycles. The van der Waals surface area contributed by atoms with Crippen LogP contribution in [0, 0.1) is 0 Å². The summed E-state index contributed by atoms with van der Waals surface area (Å²) in [7, 11) is -0.655. The number of sulfonamides is 1. The highest BCUT2D eigenvalue weighted by molar-refractivity contribution is 7.92. The summed E-state index contributed by atoms with van der Waals surface area (Å²) in [5.74, 6) is 0.657. The van der Waals surface area contributed by atoms with Gasteiger partial charge in [0.05, 0.1) is 32.3 Å². The largest absolute Gasteiger partial charge is 0.497 e. The third kappa shape index (κ3) is 5.50. The quantitative estimate of drug-likeness (QED) is 0.684. The van der Waals surface area contributed by atoms with Crippen molar-refractivity contribution in [3.63, 3.8) is 0 Å². The maximum Gasteiger partial charge on any atom is 0.232 e. The van der Waals surface area contributed by atoms with Gasteiger partial charge in [0.15, 0.2) is 0 Å². The van der Waals surface area contributed by atoms with Gasteiger partial charge in [0.25, 0.3) is 0 Å². The first-order chi connectivity index (χ1) is 12.3. The number of ether oxygens (including phenoxy) is 3. The Hall–Kier alpha value is -2.00. The van der Waals surface area contributed by atoms with Crippen LogP contribution in [0.3, 0.4) is 0 Å². The van der Waals surface area contributed by atoms with Crippen LogP contribution in [-0.4, -0.2) is 60.6 Å². The standard InChI is InChI=1S/C17H26N2O6S/c1-23-13-6-7-16(24-2)15(11-13)19(26(3,21)22)9-8-17(20)18-12-14-5-4-10-25-14/h6-7,11,14H,4-5,8-10,12H2,1-3H3,(H,18,20). The predicted octanol–water partition coefficient (Wildman–Crippen LogP) is 1.16. The molecule has 1 saturated heterocycles. The second-order valence-corrected chi connectivity index (χ2v) is 7.97. The van der Waals surface area contributed by atoms with Gasteiger partial charge in [-0.25, -0.2) is 8.42 Å². The Morgan fingerprint density at radius 2 is 2.12 bits per heavy atom. The molecule has 1 unspecified atom stereocenters. The van der Waals surface area contributed by atoms with E-state index in [9.17, 15) is 13.2 Å². The molecule has 1 aliphatic rings. The first-order valence-electron chi connectivity index (χ1n) is 8.43. The zero-order valence-electron chi connectivity index (χ0n) is 15.4. The molecule has 0 aliphatic carbocycles. The van der Waals surface area contributed by atoms with Crippen LogP contribution in [0.2, 0.25) is 0 Å². The molecule has 9 heteroatoms. The number of nitrogens with zero attached hydrogens (tertiary/aromatic N) is 1. The molecule has 1 atom stereocenters. The molecule has 1 heterocycles. The number of anilines is 1. The highest BCUT2D eigenvalue weighted by atomic mass is 32.2. The van der Waals surface area contributed by atoms with E-state index < -0.39 is 10.0 Å². The lowest BCUT2D eigenvalue weighted by Crippen LogP contribution is -2.37. The molecular formula is C17H26N2O6S. The monoisotopic (exact) mass is 386 g/mol. The van der Waals surface area contributed by atoms with E-state index >= 15 is 0 Å². The zero-order chi connectivity index (χ0) is 19.2. The van der Waals surface area contributed by atoms with E-state index in [0.29, 0.717) is 23.7 Å². The Balaban J connectivity index is 2.07. The molecule has 2 rings (SSSR count). The average molecular weight is 386 g/mol. The predicted molar refractivity (Wildman–Crippen MR) is 98.3 cm³/mol. The van der Waals surface area contributed by atoms with Gasteiger partial charge >= 0.3 is 0 Å². The third-order valence-electron chi connectivity index (χ3n) is 4.15. The van der Waals surface area contributed by atoms with Gasteiger partial charge in [0, 0.05) is 32.2 Å². The third-order valence-corrected chi connectivity index (χ3v) is 5.33. The minimum absolute atomic E-state index is 0.000280. The molecule has 1 aromatic rings. The SMILES string of the molecule is COc1ccc(OC)c(N(CCC(=O)NCC2CCCO2)S(C)(=O)=O)c1. The van der Waals surface area contributed by atoms with Crippen LogP contribution in [-0.2, 0) is 19.6 Å². The number of carbonyl (C=O) groups excluding carboxylic acids is 1. The maximum absolute atomic E-state index is 12.3. The first kappa shape index (κ1) is 20.3. The lowest BCUT2D eigenvalue weighted by Gasteiger charge is -2.24. The van der Waals surface area contributed by atoms with Crippen LogP contribution < -0.4 is 19.1 Å². The fraction of sp³-hybridized carbons (Fsp3) is 0.588. The van der Waals surface area contributed by atoms with E-state index in [1.807, 2.05) is 0 Å². The first-order valence-corrected chi connectivity index (χ1v) is 10.3. The summed E-state index contributed by atoms with van der Waals surface area (Å²) >= 11 is 0. The Labute approximate surface area is 154 Å². The molecule has 0 bridgehead atoms. The van der Waals surface area contributed by atoms with Crippen molar-refractivity contribution >= 4 is 21.6 Å². The fourth-order valence-corrected chi connectivity index (χ4v) is 3.70. The van der Waals surface area contributed by atoms with Crippen LogP contribution in [0.1, 0.15) is 19.3 Å². The summed E-state index contributed by atoms with van der Waals surface area (Å²) in [4.78, 5) is 12.1. The summed E-state index contributed by atoms with van der Waals surface area (Å²) in [6.45, 7) is 1.16. The van der Waals surface area contributed by atoms with Crippen molar-refractivity contribution in [1.82, 2.24) is 5.32 Å². The van der Waals surface area contributed by atoms with Crippen molar-refractivity contribution in [3.05, 3.63) is 18.2 Å². The van der Waals surface area contributed by atoms with Crippen molar-refractivity contribution in [1.29, 1.82) is 0 Å². The molecule has 0 saturated carbocycles. The highest BCUT2D eigenvalue weighted by Crippen LogP contribution is 2.33. The van der Waals surface area contributed by atoms with E-state index in [1.165, 1.54) is 14.2 Å². The normalized spacial score (nSPS) is 17.0. The number of hydrogen-bond acceptors (Lipinski definition) is 6. The molecule has 1 fully saturated rings. The smallest absolute Gasteiger partial charge is 0.232 e. The minimum Gasteiger partial charge on any atom is -0.497 e. The Morgan fingerprint density at radius 1 is 1.35 bits per heavy atom. The van der Waals surface area contributed by atoms with Gasteiger partial charge in [-0.05, 0) is 25.0 Å². The van der Waals surface area contributed by atoms with E-state index in [4.69, 9.17) is 14.2 Å². The number of amides is 1. The lowest BCUT2D eigenvalue weighted by atomic mass is 10.2. The van der Waals surface area contributed by atoms with Crippen molar-refractivity contribution in [2.24, 2.45) is 0 Å². The van der Waals surface area contributed by atoms with Gasteiger partial charge < -0.3 is 19.5 Å². The van der Waals surface area contributed by atoms with Crippen molar-refractivity contribution in [3.8, 4) is 11.5 Å². The second-order valence-electron chi connectivity index (χ2n) is 6.06.